The average Bonchev–Trinajstić information content (AvgIpc) is 2.65. The Bertz CT molecular complexity index is 1120. The highest BCUT2D eigenvalue weighted by Crippen LogP contribution is 2.21. The maximum Gasteiger partial charge on any atom is 0.252 e. The molecule has 0 bridgehead atoms. The van der Waals surface area contributed by atoms with E-state index in [0.717, 1.165) is 0 Å². The van der Waals surface area contributed by atoms with E-state index in [1.807, 2.05) is 6.07 Å². The minimum atomic E-state index is -0.512. The summed E-state index contributed by atoms with van der Waals surface area (Å²) in [4.78, 5) is 35.4. The van der Waals surface area contributed by atoms with E-state index < -0.39 is 23.3 Å². The number of rotatable bonds is 4. The van der Waals surface area contributed by atoms with Gasteiger partial charge in [0, 0.05) is 23.3 Å². The average molecular weight is 365 g/mol. The van der Waals surface area contributed by atoms with Gasteiger partial charge >= 0.3 is 0 Å². The van der Waals surface area contributed by atoms with E-state index in [4.69, 9.17) is 5.26 Å². The first-order valence-electron chi connectivity index (χ1n) is 8.22. The predicted molar refractivity (Wildman–Crippen MR) is 96.3 cm³/mol. The Morgan fingerprint density at radius 2 is 2.07 bits per heavy atom. The summed E-state index contributed by atoms with van der Waals surface area (Å²) >= 11 is 0. The SMILES string of the molecule is Cc1c(CC(=O)N[C@H](C)c2ncc(C#N)cn2)c(=O)[nH]c2cccc(F)c12. The molecule has 27 heavy (non-hydrogen) atoms. The van der Waals surface area contributed by atoms with Crippen LogP contribution in [-0.4, -0.2) is 20.9 Å². The molecule has 2 aromatic heterocycles. The van der Waals surface area contributed by atoms with Crippen LogP contribution in [0.15, 0.2) is 35.4 Å². The van der Waals surface area contributed by atoms with E-state index in [1.165, 1.54) is 24.5 Å². The van der Waals surface area contributed by atoms with Gasteiger partial charge in [-0.15, -0.1) is 0 Å². The molecule has 3 rings (SSSR count). The first kappa shape index (κ1) is 18.2. The van der Waals surface area contributed by atoms with Gasteiger partial charge in [-0.05, 0) is 31.5 Å². The van der Waals surface area contributed by atoms with Crippen LogP contribution in [0.1, 0.15) is 35.5 Å². The molecule has 0 aliphatic rings. The van der Waals surface area contributed by atoms with Gasteiger partial charge in [-0.25, -0.2) is 14.4 Å². The molecule has 0 fully saturated rings. The lowest BCUT2D eigenvalue weighted by Crippen LogP contribution is -2.31. The van der Waals surface area contributed by atoms with Gasteiger partial charge in [0.05, 0.1) is 23.5 Å². The molecule has 2 heterocycles. The van der Waals surface area contributed by atoms with Gasteiger partial charge in [0.1, 0.15) is 17.7 Å². The summed E-state index contributed by atoms with van der Waals surface area (Å²) in [5, 5.41) is 11.8. The zero-order valence-electron chi connectivity index (χ0n) is 14.7. The van der Waals surface area contributed by atoms with Gasteiger partial charge in [-0.3, -0.25) is 9.59 Å². The van der Waals surface area contributed by atoms with Crippen LogP contribution in [0.25, 0.3) is 10.9 Å². The lowest BCUT2D eigenvalue weighted by molar-refractivity contribution is -0.121. The Labute approximate surface area is 153 Å². The molecule has 7 nitrogen and oxygen atoms in total. The molecule has 0 radical (unpaired) electrons. The molecule has 136 valence electrons. The Hall–Kier alpha value is -3.60. The van der Waals surface area contributed by atoms with Crippen molar-refractivity contribution in [3.05, 3.63) is 69.3 Å². The third-order valence-corrected chi connectivity index (χ3v) is 4.27. The second kappa shape index (κ2) is 7.33. The van der Waals surface area contributed by atoms with E-state index >= 15 is 0 Å². The van der Waals surface area contributed by atoms with Gasteiger partial charge in [0.25, 0.3) is 5.56 Å². The molecule has 0 aliphatic heterocycles. The number of aromatic amines is 1. The van der Waals surface area contributed by atoms with Crippen molar-refractivity contribution in [3.63, 3.8) is 0 Å². The smallest absolute Gasteiger partial charge is 0.252 e. The summed E-state index contributed by atoms with van der Waals surface area (Å²) in [7, 11) is 0. The number of fused-ring (bicyclic) bond motifs is 1. The van der Waals surface area contributed by atoms with Crippen LogP contribution in [0.2, 0.25) is 0 Å². The van der Waals surface area contributed by atoms with Crippen molar-refractivity contribution in [3.8, 4) is 6.07 Å². The second-order valence-corrected chi connectivity index (χ2v) is 6.13. The number of carbonyl (C=O) groups excluding carboxylic acids is 1. The third kappa shape index (κ3) is 3.67. The summed E-state index contributed by atoms with van der Waals surface area (Å²) in [6.07, 6.45) is 2.53. The topological polar surface area (TPSA) is 112 Å². The molecule has 2 N–H and O–H groups in total. The van der Waals surface area contributed by atoms with Crippen LogP contribution in [0.4, 0.5) is 4.39 Å². The summed E-state index contributed by atoms with van der Waals surface area (Å²) in [5.41, 5.74) is 0.920. The van der Waals surface area contributed by atoms with Crippen molar-refractivity contribution < 1.29 is 9.18 Å². The third-order valence-electron chi connectivity index (χ3n) is 4.27. The number of nitriles is 1. The number of nitrogens with one attached hydrogen (secondary N) is 2. The molecule has 0 unspecified atom stereocenters. The van der Waals surface area contributed by atoms with Crippen molar-refractivity contribution in [2.45, 2.75) is 26.3 Å². The van der Waals surface area contributed by atoms with Crippen molar-refractivity contribution in [2.75, 3.05) is 0 Å². The molecule has 1 atom stereocenters. The van der Waals surface area contributed by atoms with E-state index in [2.05, 4.69) is 20.3 Å². The largest absolute Gasteiger partial charge is 0.346 e. The number of hydrogen-bond acceptors (Lipinski definition) is 5. The van der Waals surface area contributed by atoms with Gasteiger partial charge in [0.2, 0.25) is 5.91 Å². The molecule has 8 heteroatoms. The molecule has 3 aromatic rings. The first-order valence-corrected chi connectivity index (χ1v) is 8.22. The summed E-state index contributed by atoms with van der Waals surface area (Å²) in [6.45, 7) is 3.31. The minimum Gasteiger partial charge on any atom is -0.346 e. The van der Waals surface area contributed by atoms with E-state index in [-0.39, 0.29) is 12.0 Å². The van der Waals surface area contributed by atoms with Crippen LogP contribution in [-0.2, 0) is 11.2 Å². The number of hydrogen-bond donors (Lipinski definition) is 2. The highest BCUT2D eigenvalue weighted by molar-refractivity contribution is 5.86. The molecule has 0 spiro atoms. The minimum absolute atomic E-state index is 0.202. The molecule has 0 saturated carbocycles. The monoisotopic (exact) mass is 365 g/mol. The van der Waals surface area contributed by atoms with Crippen molar-refractivity contribution in [2.24, 2.45) is 0 Å². The number of amides is 1. The zero-order chi connectivity index (χ0) is 19.6. The number of halogens is 1. The molecule has 0 aliphatic carbocycles. The molecule has 0 saturated heterocycles. The lowest BCUT2D eigenvalue weighted by atomic mass is 10.0. The number of nitrogens with zero attached hydrogens (tertiary/aromatic N) is 3. The quantitative estimate of drug-likeness (QED) is 0.735. The van der Waals surface area contributed by atoms with E-state index in [9.17, 15) is 14.0 Å². The number of aromatic nitrogens is 3. The summed E-state index contributed by atoms with van der Waals surface area (Å²) < 4.78 is 14.1. The van der Waals surface area contributed by atoms with Crippen LogP contribution in [0, 0.1) is 24.1 Å². The molecule has 1 aromatic carbocycles. The van der Waals surface area contributed by atoms with Crippen LogP contribution < -0.4 is 10.9 Å². The summed E-state index contributed by atoms with van der Waals surface area (Å²) in [6, 6.07) is 5.84. The van der Waals surface area contributed by atoms with Gasteiger partial charge in [0.15, 0.2) is 0 Å². The number of pyridine rings is 1. The first-order chi connectivity index (χ1) is 12.9. The Morgan fingerprint density at radius 1 is 1.37 bits per heavy atom. The normalized spacial score (nSPS) is 11.8. The zero-order valence-corrected chi connectivity index (χ0v) is 14.7. The fraction of sp³-hybridized carbons (Fsp3) is 0.211. The Balaban J connectivity index is 1.82. The number of carbonyl (C=O) groups is 1. The summed E-state index contributed by atoms with van der Waals surface area (Å²) in [5.74, 6) is -0.528. The standard InChI is InChI=1S/C19H16FN5O2/c1-10-13(19(27)25-15-5-3-4-14(20)17(10)15)6-16(26)24-11(2)18-22-8-12(7-21)9-23-18/h3-5,8-9,11H,6H2,1-2H3,(H,24,26)(H,25,27)/t11-/m1/s1. The van der Waals surface area contributed by atoms with Gasteiger partial charge in [-0.2, -0.15) is 5.26 Å². The van der Waals surface area contributed by atoms with Crippen LogP contribution >= 0.6 is 0 Å². The lowest BCUT2D eigenvalue weighted by Gasteiger charge is -2.14. The Kier molecular flexibility index (Phi) is 4.94. The highest BCUT2D eigenvalue weighted by atomic mass is 19.1. The molecular formula is C19H16FN5O2. The van der Waals surface area contributed by atoms with E-state index in [1.54, 1.807) is 19.9 Å². The molecular weight excluding hydrogens is 349 g/mol. The van der Waals surface area contributed by atoms with Crippen molar-refractivity contribution in [1.82, 2.24) is 20.3 Å². The maximum absolute atomic E-state index is 14.1. The van der Waals surface area contributed by atoms with Crippen molar-refractivity contribution in [1.29, 1.82) is 5.26 Å². The van der Waals surface area contributed by atoms with E-state index in [0.29, 0.717) is 27.9 Å². The van der Waals surface area contributed by atoms with Crippen molar-refractivity contribution >= 4 is 16.8 Å². The predicted octanol–water partition coefficient (Wildman–Crippen LogP) is 2.06. The van der Waals surface area contributed by atoms with Gasteiger partial charge in [-0.1, -0.05) is 6.07 Å². The molecule has 1 amide bonds. The van der Waals surface area contributed by atoms with Crippen LogP contribution in [0.3, 0.4) is 0 Å². The maximum atomic E-state index is 14.1. The highest BCUT2D eigenvalue weighted by Gasteiger charge is 2.18. The second-order valence-electron chi connectivity index (χ2n) is 6.13. The number of benzene rings is 1. The number of H-pyrrole nitrogens is 1. The van der Waals surface area contributed by atoms with Gasteiger partial charge < -0.3 is 10.3 Å². The fourth-order valence-corrected chi connectivity index (χ4v) is 2.88. The number of aryl methyl sites for hydroxylation is 1. The fourth-order valence-electron chi connectivity index (χ4n) is 2.88. The van der Waals surface area contributed by atoms with Crippen LogP contribution in [0.5, 0.6) is 0 Å². The Morgan fingerprint density at radius 3 is 2.74 bits per heavy atom.